The van der Waals surface area contributed by atoms with Gasteiger partial charge >= 0.3 is 0 Å². The summed E-state index contributed by atoms with van der Waals surface area (Å²) in [4.78, 5) is 20.8. The highest BCUT2D eigenvalue weighted by Gasteiger charge is 2.27. The van der Waals surface area contributed by atoms with Crippen LogP contribution in [-0.2, 0) is 0 Å². The Hall–Kier alpha value is -1.62. The van der Waals surface area contributed by atoms with Gasteiger partial charge in [-0.3, -0.25) is 9.78 Å². The lowest BCUT2D eigenvalue weighted by Crippen LogP contribution is -2.43. The number of hydrogen-bond donors (Lipinski definition) is 1. The average molecular weight is 262 g/mol. The van der Waals surface area contributed by atoms with Gasteiger partial charge in [0.15, 0.2) is 0 Å². The summed E-state index contributed by atoms with van der Waals surface area (Å²) in [5.41, 5.74) is 6.89. The molecule has 1 amide bonds. The van der Waals surface area contributed by atoms with Crippen LogP contribution in [-0.4, -0.2) is 53.4 Å². The molecule has 0 saturated carbocycles. The Balaban J connectivity index is 2.23. The van der Waals surface area contributed by atoms with Crippen molar-refractivity contribution in [3.05, 3.63) is 24.0 Å². The lowest BCUT2D eigenvalue weighted by Gasteiger charge is -2.30. The molecule has 5 nitrogen and oxygen atoms in total. The minimum atomic E-state index is 0.0297. The van der Waals surface area contributed by atoms with Gasteiger partial charge in [0.25, 0.3) is 5.91 Å². The van der Waals surface area contributed by atoms with Gasteiger partial charge in [-0.15, -0.1) is 0 Å². The van der Waals surface area contributed by atoms with Gasteiger partial charge < -0.3 is 15.5 Å². The molecule has 1 atom stereocenters. The van der Waals surface area contributed by atoms with Gasteiger partial charge in [-0.2, -0.15) is 0 Å². The maximum Gasteiger partial charge on any atom is 0.256 e. The second-order valence-corrected chi connectivity index (χ2v) is 5.14. The second kappa shape index (κ2) is 6.02. The zero-order chi connectivity index (χ0) is 13.8. The Morgan fingerprint density at radius 3 is 3.00 bits per heavy atom. The van der Waals surface area contributed by atoms with Gasteiger partial charge in [0.1, 0.15) is 0 Å². The Bertz CT molecular complexity index is 449. The zero-order valence-corrected chi connectivity index (χ0v) is 11.7. The molecule has 0 radical (unpaired) electrons. The van der Waals surface area contributed by atoms with E-state index in [-0.39, 0.29) is 11.9 Å². The Labute approximate surface area is 114 Å². The second-order valence-electron chi connectivity index (χ2n) is 5.14. The Kier molecular flexibility index (Phi) is 4.37. The van der Waals surface area contributed by atoms with Crippen molar-refractivity contribution in [3.8, 4) is 0 Å². The normalized spacial score (nSPS) is 21.2. The summed E-state index contributed by atoms with van der Waals surface area (Å²) >= 11 is 0. The van der Waals surface area contributed by atoms with Crippen LogP contribution in [0.5, 0.6) is 0 Å². The molecule has 104 valence electrons. The summed E-state index contributed by atoms with van der Waals surface area (Å²) in [6.45, 7) is 4.88. The van der Waals surface area contributed by atoms with Gasteiger partial charge in [-0.25, -0.2) is 0 Å². The number of likely N-dealkylation sites (N-methyl/N-ethyl adjacent to an activating group) is 1. The number of hydrogen-bond acceptors (Lipinski definition) is 4. The van der Waals surface area contributed by atoms with Crippen molar-refractivity contribution in [2.75, 3.05) is 32.4 Å². The van der Waals surface area contributed by atoms with Crippen molar-refractivity contribution >= 4 is 11.6 Å². The van der Waals surface area contributed by atoms with Crippen LogP contribution in [0.3, 0.4) is 0 Å². The number of pyridine rings is 1. The van der Waals surface area contributed by atoms with Crippen LogP contribution in [0.15, 0.2) is 18.5 Å². The molecule has 0 aromatic carbocycles. The standard InChI is InChI=1S/C14H22N4O/c1-3-11-10-17(2)7-4-8-18(11)14(19)12-5-6-16-9-13(12)15/h5-6,9,11H,3-4,7-8,10,15H2,1-2H3. The summed E-state index contributed by atoms with van der Waals surface area (Å²) in [5.74, 6) is 0.0297. The molecule has 1 unspecified atom stereocenters. The lowest BCUT2D eigenvalue weighted by molar-refractivity contribution is 0.0676. The molecule has 5 heteroatoms. The number of rotatable bonds is 2. The molecule has 19 heavy (non-hydrogen) atoms. The van der Waals surface area contributed by atoms with Gasteiger partial charge in [-0.1, -0.05) is 6.92 Å². The van der Waals surface area contributed by atoms with Crippen molar-refractivity contribution in [1.29, 1.82) is 0 Å². The van der Waals surface area contributed by atoms with Crippen LogP contribution in [0, 0.1) is 0 Å². The molecule has 2 heterocycles. The number of amides is 1. The molecular formula is C14H22N4O. The molecular weight excluding hydrogens is 240 g/mol. The smallest absolute Gasteiger partial charge is 0.256 e. The molecule has 1 fully saturated rings. The fourth-order valence-corrected chi connectivity index (χ4v) is 2.62. The van der Waals surface area contributed by atoms with Gasteiger partial charge in [0.2, 0.25) is 0 Å². The van der Waals surface area contributed by atoms with Crippen molar-refractivity contribution in [1.82, 2.24) is 14.8 Å². The van der Waals surface area contributed by atoms with Gasteiger partial charge in [0, 0.05) is 25.3 Å². The monoisotopic (exact) mass is 262 g/mol. The Morgan fingerprint density at radius 1 is 1.53 bits per heavy atom. The van der Waals surface area contributed by atoms with Crippen LogP contribution in [0.25, 0.3) is 0 Å². The molecule has 2 N–H and O–H groups in total. The minimum absolute atomic E-state index is 0.0297. The van der Waals surface area contributed by atoms with E-state index in [4.69, 9.17) is 5.73 Å². The molecule has 1 aromatic heterocycles. The van der Waals surface area contributed by atoms with E-state index in [1.54, 1.807) is 12.3 Å². The van der Waals surface area contributed by atoms with Gasteiger partial charge in [0.05, 0.1) is 17.4 Å². The van der Waals surface area contributed by atoms with E-state index in [1.807, 2.05) is 4.90 Å². The number of anilines is 1. The Morgan fingerprint density at radius 2 is 2.32 bits per heavy atom. The molecule has 2 rings (SSSR count). The maximum absolute atomic E-state index is 12.6. The topological polar surface area (TPSA) is 62.5 Å². The predicted molar refractivity (Wildman–Crippen MR) is 75.9 cm³/mol. The number of nitrogen functional groups attached to an aromatic ring is 1. The first kappa shape index (κ1) is 13.8. The van der Waals surface area contributed by atoms with Crippen LogP contribution in [0.1, 0.15) is 30.1 Å². The molecule has 1 aliphatic rings. The first-order valence-corrected chi connectivity index (χ1v) is 6.82. The van der Waals surface area contributed by atoms with Crippen LogP contribution < -0.4 is 5.73 Å². The maximum atomic E-state index is 12.6. The summed E-state index contributed by atoms with van der Waals surface area (Å²) in [6.07, 6.45) is 5.12. The van der Waals surface area contributed by atoms with E-state index in [9.17, 15) is 4.79 Å². The summed E-state index contributed by atoms with van der Waals surface area (Å²) in [5, 5.41) is 0. The first-order valence-electron chi connectivity index (χ1n) is 6.82. The number of carbonyl (C=O) groups is 1. The highest BCUT2D eigenvalue weighted by Crippen LogP contribution is 2.18. The first-order chi connectivity index (χ1) is 9.13. The highest BCUT2D eigenvalue weighted by molar-refractivity contribution is 5.99. The molecule has 0 spiro atoms. The van der Waals surface area contributed by atoms with E-state index in [0.29, 0.717) is 11.3 Å². The van der Waals surface area contributed by atoms with E-state index in [0.717, 1.165) is 32.5 Å². The number of nitrogens with zero attached hydrogens (tertiary/aromatic N) is 3. The van der Waals surface area contributed by atoms with Crippen molar-refractivity contribution in [3.63, 3.8) is 0 Å². The third-order valence-electron chi connectivity index (χ3n) is 3.72. The van der Waals surface area contributed by atoms with Crippen molar-refractivity contribution in [2.45, 2.75) is 25.8 Å². The van der Waals surface area contributed by atoms with E-state index in [1.165, 1.54) is 6.20 Å². The SMILES string of the molecule is CCC1CN(C)CCCN1C(=O)c1ccncc1N. The molecule has 0 bridgehead atoms. The summed E-state index contributed by atoms with van der Waals surface area (Å²) in [6, 6.07) is 1.96. The molecule has 1 aromatic rings. The number of aromatic nitrogens is 1. The van der Waals surface area contributed by atoms with Crippen LogP contribution in [0.4, 0.5) is 5.69 Å². The average Bonchev–Trinajstić information content (AvgIpc) is 2.60. The van der Waals surface area contributed by atoms with Gasteiger partial charge in [-0.05, 0) is 32.5 Å². The largest absolute Gasteiger partial charge is 0.397 e. The molecule has 1 saturated heterocycles. The molecule has 1 aliphatic heterocycles. The predicted octanol–water partition coefficient (Wildman–Crippen LogP) is 1.22. The molecule has 0 aliphatic carbocycles. The minimum Gasteiger partial charge on any atom is -0.397 e. The van der Waals surface area contributed by atoms with Crippen LogP contribution >= 0.6 is 0 Å². The third kappa shape index (κ3) is 3.04. The summed E-state index contributed by atoms with van der Waals surface area (Å²) in [7, 11) is 2.11. The quantitative estimate of drug-likeness (QED) is 0.870. The van der Waals surface area contributed by atoms with E-state index < -0.39 is 0 Å². The van der Waals surface area contributed by atoms with E-state index in [2.05, 4.69) is 23.9 Å². The number of carbonyl (C=O) groups excluding carboxylic acids is 1. The lowest BCUT2D eigenvalue weighted by atomic mass is 10.1. The third-order valence-corrected chi connectivity index (χ3v) is 3.72. The fourth-order valence-electron chi connectivity index (χ4n) is 2.62. The fraction of sp³-hybridized carbons (Fsp3) is 0.571. The van der Waals surface area contributed by atoms with Crippen molar-refractivity contribution < 1.29 is 4.79 Å². The number of nitrogens with two attached hydrogens (primary N) is 1. The van der Waals surface area contributed by atoms with Crippen molar-refractivity contribution in [2.24, 2.45) is 0 Å². The van der Waals surface area contributed by atoms with E-state index >= 15 is 0 Å². The highest BCUT2D eigenvalue weighted by atomic mass is 16.2. The zero-order valence-electron chi connectivity index (χ0n) is 11.7. The summed E-state index contributed by atoms with van der Waals surface area (Å²) < 4.78 is 0. The van der Waals surface area contributed by atoms with Crippen LogP contribution in [0.2, 0.25) is 0 Å².